The number of rotatable bonds is 5. The van der Waals surface area contributed by atoms with Crippen LogP contribution < -0.4 is 4.74 Å². The zero-order chi connectivity index (χ0) is 14.7. The van der Waals surface area contributed by atoms with Gasteiger partial charge in [-0.2, -0.15) is 0 Å². The molecule has 0 aliphatic carbocycles. The minimum Gasteiger partial charge on any atom is -0.465 e. The van der Waals surface area contributed by atoms with Crippen molar-refractivity contribution < 1.29 is 9.84 Å². The lowest BCUT2D eigenvalue weighted by atomic mass is 9.72. The Morgan fingerprint density at radius 3 is 2.21 bits per heavy atom. The molecule has 1 aromatic carbocycles. The van der Waals surface area contributed by atoms with Crippen molar-refractivity contribution in [1.29, 1.82) is 0 Å². The topological polar surface area (TPSA) is 29.5 Å². The van der Waals surface area contributed by atoms with Crippen molar-refractivity contribution in [3.05, 3.63) is 29.8 Å². The summed E-state index contributed by atoms with van der Waals surface area (Å²) in [6.45, 7) is 13.1. The average molecular weight is 264 g/mol. The summed E-state index contributed by atoms with van der Waals surface area (Å²) in [4.78, 5) is 0. The predicted octanol–water partition coefficient (Wildman–Crippen LogP) is 4.51. The molecule has 1 rings (SSSR count). The highest BCUT2D eigenvalue weighted by atomic mass is 16.6. The first-order chi connectivity index (χ1) is 8.65. The van der Waals surface area contributed by atoms with E-state index >= 15 is 0 Å². The molecule has 0 amide bonds. The van der Waals surface area contributed by atoms with E-state index in [0.29, 0.717) is 6.42 Å². The highest BCUT2D eigenvalue weighted by Gasteiger charge is 2.30. The van der Waals surface area contributed by atoms with E-state index in [1.165, 1.54) is 0 Å². The van der Waals surface area contributed by atoms with E-state index in [1.807, 2.05) is 25.1 Å². The number of hydrogen-bond donors (Lipinski definition) is 1. The van der Waals surface area contributed by atoms with Crippen molar-refractivity contribution in [3.8, 4) is 5.75 Å². The molecule has 1 N–H and O–H groups in total. The molecule has 0 spiro atoms. The van der Waals surface area contributed by atoms with Gasteiger partial charge in [0.25, 0.3) is 0 Å². The standard InChI is InChI=1S/C17H28O2/c1-7-15(18)19-14-11-9-8-10-13(14)17(5,6)12-16(2,3)4/h8-11,15,18H,7,12H2,1-6H3. The molecule has 2 nitrogen and oxygen atoms in total. The first-order valence-electron chi connectivity index (χ1n) is 7.10. The molecule has 0 aliphatic rings. The lowest BCUT2D eigenvalue weighted by molar-refractivity contribution is -0.0205. The number of para-hydroxylation sites is 1. The van der Waals surface area contributed by atoms with Crippen LogP contribution in [0.5, 0.6) is 5.75 Å². The number of aliphatic hydroxyl groups excluding tert-OH is 1. The zero-order valence-corrected chi connectivity index (χ0v) is 13.2. The first kappa shape index (κ1) is 16.0. The molecular formula is C17H28O2. The van der Waals surface area contributed by atoms with Gasteiger partial charge in [0, 0.05) is 6.42 Å². The second kappa shape index (κ2) is 5.96. The van der Waals surface area contributed by atoms with Gasteiger partial charge in [-0.05, 0) is 28.9 Å². The van der Waals surface area contributed by atoms with E-state index < -0.39 is 6.29 Å². The van der Waals surface area contributed by atoms with Crippen molar-refractivity contribution in [3.63, 3.8) is 0 Å². The molecule has 1 unspecified atom stereocenters. The van der Waals surface area contributed by atoms with Crippen LogP contribution in [0.25, 0.3) is 0 Å². The van der Waals surface area contributed by atoms with Crippen molar-refractivity contribution in [2.45, 2.75) is 66.1 Å². The molecule has 0 saturated heterocycles. The smallest absolute Gasteiger partial charge is 0.197 e. The summed E-state index contributed by atoms with van der Waals surface area (Å²) < 4.78 is 5.65. The van der Waals surface area contributed by atoms with E-state index in [9.17, 15) is 5.11 Å². The van der Waals surface area contributed by atoms with Gasteiger partial charge in [0.05, 0.1) is 0 Å². The fourth-order valence-corrected chi connectivity index (χ4v) is 2.78. The molecular weight excluding hydrogens is 236 g/mol. The van der Waals surface area contributed by atoms with Crippen molar-refractivity contribution in [2.75, 3.05) is 0 Å². The fraction of sp³-hybridized carbons (Fsp3) is 0.647. The summed E-state index contributed by atoms with van der Waals surface area (Å²) in [6, 6.07) is 8.03. The van der Waals surface area contributed by atoms with Crippen LogP contribution in [0.2, 0.25) is 0 Å². The molecule has 2 heteroatoms. The van der Waals surface area contributed by atoms with E-state index in [-0.39, 0.29) is 10.8 Å². The molecule has 0 aromatic heterocycles. The predicted molar refractivity (Wildman–Crippen MR) is 80.5 cm³/mol. The van der Waals surface area contributed by atoms with Gasteiger partial charge in [-0.1, -0.05) is 59.7 Å². The number of aliphatic hydroxyl groups is 1. The average Bonchev–Trinajstić information content (AvgIpc) is 2.26. The van der Waals surface area contributed by atoms with Gasteiger partial charge in [-0.25, -0.2) is 0 Å². The van der Waals surface area contributed by atoms with Crippen LogP contribution in [0.15, 0.2) is 24.3 Å². The quantitative estimate of drug-likeness (QED) is 0.793. The van der Waals surface area contributed by atoms with Gasteiger partial charge >= 0.3 is 0 Å². The van der Waals surface area contributed by atoms with E-state index in [1.54, 1.807) is 0 Å². The molecule has 1 atom stereocenters. The fourth-order valence-electron chi connectivity index (χ4n) is 2.78. The normalized spacial score (nSPS) is 14.3. The van der Waals surface area contributed by atoms with Crippen LogP contribution in [-0.4, -0.2) is 11.4 Å². The molecule has 0 fully saturated rings. The van der Waals surface area contributed by atoms with Crippen LogP contribution in [-0.2, 0) is 5.41 Å². The van der Waals surface area contributed by atoms with Crippen molar-refractivity contribution in [2.24, 2.45) is 5.41 Å². The minimum absolute atomic E-state index is 0.0162. The third-order valence-corrected chi connectivity index (χ3v) is 3.20. The Morgan fingerprint density at radius 2 is 1.68 bits per heavy atom. The Hall–Kier alpha value is -1.02. The lowest BCUT2D eigenvalue weighted by Gasteiger charge is -2.34. The number of benzene rings is 1. The summed E-state index contributed by atoms with van der Waals surface area (Å²) in [5, 5.41) is 9.71. The summed E-state index contributed by atoms with van der Waals surface area (Å²) in [5.74, 6) is 0.797. The van der Waals surface area contributed by atoms with Gasteiger partial charge in [-0.15, -0.1) is 0 Å². The van der Waals surface area contributed by atoms with Crippen LogP contribution in [0.4, 0.5) is 0 Å². The maximum absolute atomic E-state index is 9.71. The Morgan fingerprint density at radius 1 is 1.11 bits per heavy atom. The molecule has 1 aromatic rings. The lowest BCUT2D eigenvalue weighted by Crippen LogP contribution is -2.26. The minimum atomic E-state index is -0.730. The second-order valence-corrected chi connectivity index (χ2v) is 7.10. The molecule has 0 aliphatic heterocycles. The summed E-state index contributed by atoms with van der Waals surface area (Å²) in [5.41, 5.74) is 1.43. The number of hydrogen-bond acceptors (Lipinski definition) is 2. The molecule has 0 bridgehead atoms. The highest BCUT2D eigenvalue weighted by Crippen LogP contribution is 2.40. The maximum Gasteiger partial charge on any atom is 0.197 e. The third kappa shape index (κ3) is 4.87. The molecule has 108 valence electrons. The molecule has 0 radical (unpaired) electrons. The monoisotopic (exact) mass is 264 g/mol. The van der Waals surface area contributed by atoms with Crippen LogP contribution in [0.1, 0.15) is 59.9 Å². The van der Waals surface area contributed by atoms with Crippen LogP contribution in [0.3, 0.4) is 0 Å². The summed E-state index contributed by atoms with van der Waals surface area (Å²) in [7, 11) is 0. The van der Waals surface area contributed by atoms with Gasteiger partial charge in [0.1, 0.15) is 5.75 Å². The first-order valence-corrected chi connectivity index (χ1v) is 7.10. The Balaban J connectivity index is 3.05. The molecule has 0 heterocycles. The SMILES string of the molecule is CCC(O)Oc1ccccc1C(C)(C)CC(C)(C)C. The Labute approximate surface area is 117 Å². The van der Waals surface area contributed by atoms with E-state index in [0.717, 1.165) is 17.7 Å². The van der Waals surface area contributed by atoms with Gasteiger partial charge in [0.15, 0.2) is 6.29 Å². The van der Waals surface area contributed by atoms with Gasteiger partial charge in [-0.3, -0.25) is 0 Å². The zero-order valence-electron chi connectivity index (χ0n) is 13.2. The Bertz CT molecular complexity index is 402. The van der Waals surface area contributed by atoms with Crippen molar-refractivity contribution >= 4 is 0 Å². The van der Waals surface area contributed by atoms with Crippen LogP contribution >= 0.6 is 0 Å². The summed E-state index contributed by atoms with van der Waals surface area (Å²) in [6.07, 6.45) is 0.919. The highest BCUT2D eigenvalue weighted by molar-refractivity contribution is 5.39. The third-order valence-electron chi connectivity index (χ3n) is 3.20. The Kier molecular flexibility index (Phi) is 5.03. The van der Waals surface area contributed by atoms with Gasteiger partial charge < -0.3 is 9.84 Å². The largest absolute Gasteiger partial charge is 0.465 e. The molecule has 0 saturated carbocycles. The summed E-state index contributed by atoms with van der Waals surface area (Å²) >= 11 is 0. The van der Waals surface area contributed by atoms with Gasteiger partial charge in [0.2, 0.25) is 0 Å². The van der Waals surface area contributed by atoms with Crippen molar-refractivity contribution in [1.82, 2.24) is 0 Å². The number of ether oxygens (including phenoxy) is 1. The second-order valence-electron chi connectivity index (χ2n) is 7.10. The maximum atomic E-state index is 9.71. The van der Waals surface area contributed by atoms with Crippen LogP contribution in [0, 0.1) is 5.41 Å². The molecule has 19 heavy (non-hydrogen) atoms. The van der Waals surface area contributed by atoms with E-state index in [4.69, 9.17) is 4.74 Å². The van der Waals surface area contributed by atoms with E-state index in [2.05, 4.69) is 40.7 Å².